The van der Waals surface area contributed by atoms with Crippen molar-refractivity contribution in [2.75, 3.05) is 36.9 Å². The fourth-order valence-corrected chi connectivity index (χ4v) is 2.81. The fraction of sp³-hybridized carbons (Fsp3) is 0.444. The summed E-state index contributed by atoms with van der Waals surface area (Å²) in [7, 11) is 0. The molecule has 2 aromatic rings. The molecule has 0 amide bonds. The Labute approximate surface area is 159 Å². The molecule has 1 aromatic carbocycles. The van der Waals surface area contributed by atoms with Gasteiger partial charge in [-0.1, -0.05) is 12.1 Å². The van der Waals surface area contributed by atoms with Gasteiger partial charge in [0.15, 0.2) is 0 Å². The number of alkyl halides is 3. The molecule has 0 unspecified atom stereocenters. The molecule has 0 aliphatic carbocycles. The van der Waals surface area contributed by atoms with Crippen molar-refractivity contribution in [3.63, 3.8) is 0 Å². The van der Waals surface area contributed by atoms with Gasteiger partial charge in [0.05, 0.1) is 18.4 Å². The first-order chi connectivity index (χ1) is 13.4. The Balaban J connectivity index is 1.83. The molecule has 1 aliphatic rings. The number of rotatable bonds is 8. The Morgan fingerprint density at radius 1 is 1.21 bits per heavy atom. The molecule has 0 spiro atoms. The Bertz CT molecular complexity index is 783. The molecule has 0 saturated carbocycles. The van der Waals surface area contributed by atoms with E-state index in [1.54, 1.807) is 12.1 Å². The lowest BCUT2D eigenvalue weighted by atomic mass is 10.1. The van der Waals surface area contributed by atoms with Gasteiger partial charge in [0.1, 0.15) is 11.6 Å². The zero-order chi connectivity index (χ0) is 20.0. The van der Waals surface area contributed by atoms with Crippen molar-refractivity contribution in [1.29, 1.82) is 0 Å². The van der Waals surface area contributed by atoms with Crippen molar-refractivity contribution >= 4 is 11.8 Å². The van der Waals surface area contributed by atoms with E-state index in [0.29, 0.717) is 23.6 Å². The third-order valence-corrected chi connectivity index (χ3v) is 4.02. The summed E-state index contributed by atoms with van der Waals surface area (Å²) in [5.74, 6) is 0.425. The van der Waals surface area contributed by atoms with Crippen LogP contribution in [0, 0.1) is 0 Å². The van der Waals surface area contributed by atoms with Crippen LogP contribution in [0.25, 0.3) is 11.3 Å². The second kappa shape index (κ2) is 9.07. The number of aromatic nitrogens is 2. The molecule has 1 saturated heterocycles. The van der Waals surface area contributed by atoms with Crippen LogP contribution in [0.4, 0.5) is 24.9 Å². The van der Waals surface area contributed by atoms with Gasteiger partial charge in [0.2, 0.25) is 5.95 Å². The van der Waals surface area contributed by atoms with Crippen LogP contribution in [-0.2, 0) is 4.74 Å². The predicted molar refractivity (Wildman–Crippen MR) is 97.2 cm³/mol. The number of ether oxygens (including phenoxy) is 2. The molecule has 1 aromatic heterocycles. The van der Waals surface area contributed by atoms with Gasteiger partial charge < -0.3 is 25.2 Å². The van der Waals surface area contributed by atoms with E-state index in [0.717, 1.165) is 19.4 Å². The van der Waals surface area contributed by atoms with E-state index in [1.807, 2.05) is 0 Å². The highest BCUT2D eigenvalue weighted by Gasteiger charge is 2.31. The monoisotopic (exact) mass is 398 g/mol. The van der Waals surface area contributed by atoms with Crippen molar-refractivity contribution < 1.29 is 27.8 Å². The maximum absolute atomic E-state index is 12.5. The first-order valence-corrected chi connectivity index (χ1v) is 8.88. The van der Waals surface area contributed by atoms with Gasteiger partial charge in [0.25, 0.3) is 0 Å². The molecule has 1 fully saturated rings. The highest BCUT2D eigenvalue weighted by molar-refractivity contribution is 5.65. The maximum Gasteiger partial charge on any atom is 0.573 e. The molecule has 1 atom stereocenters. The lowest BCUT2D eigenvalue weighted by Crippen LogP contribution is -2.19. The second-order valence-corrected chi connectivity index (χ2v) is 6.20. The number of anilines is 2. The Morgan fingerprint density at radius 2 is 2.07 bits per heavy atom. The zero-order valence-corrected chi connectivity index (χ0v) is 15.0. The molecule has 10 heteroatoms. The maximum atomic E-state index is 12.5. The summed E-state index contributed by atoms with van der Waals surface area (Å²) in [6, 6.07) is 7.21. The van der Waals surface area contributed by atoms with Gasteiger partial charge in [0, 0.05) is 31.3 Å². The molecule has 28 heavy (non-hydrogen) atoms. The van der Waals surface area contributed by atoms with E-state index in [4.69, 9.17) is 9.84 Å². The number of aliphatic hydroxyl groups is 1. The summed E-state index contributed by atoms with van der Waals surface area (Å²) < 4.78 is 47.0. The van der Waals surface area contributed by atoms with Crippen LogP contribution in [0.2, 0.25) is 0 Å². The Kier molecular flexibility index (Phi) is 6.53. The number of halogens is 3. The smallest absolute Gasteiger partial charge is 0.406 e. The van der Waals surface area contributed by atoms with Crippen molar-refractivity contribution in [3.8, 4) is 17.0 Å². The largest absolute Gasteiger partial charge is 0.573 e. The average Bonchev–Trinajstić information content (AvgIpc) is 3.17. The molecule has 0 radical (unpaired) electrons. The van der Waals surface area contributed by atoms with Crippen molar-refractivity contribution in [2.24, 2.45) is 0 Å². The standard InChI is InChI=1S/C18H21F3N4O3/c19-18(20,21)28-13-4-1-3-12(9-13)15-10-16(23-11-14-5-2-8-27-14)25-17(24-15)22-6-7-26/h1,3-4,9-10,14,26H,2,5-8,11H2,(H2,22,23,24,25)/t14-/m1/s1. The fourth-order valence-electron chi connectivity index (χ4n) is 2.81. The summed E-state index contributed by atoms with van der Waals surface area (Å²) in [5, 5.41) is 15.0. The normalized spacial score (nSPS) is 16.8. The van der Waals surface area contributed by atoms with Crippen LogP contribution in [0.1, 0.15) is 12.8 Å². The van der Waals surface area contributed by atoms with E-state index >= 15 is 0 Å². The van der Waals surface area contributed by atoms with E-state index < -0.39 is 6.36 Å². The van der Waals surface area contributed by atoms with E-state index in [9.17, 15) is 13.2 Å². The predicted octanol–water partition coefficient (Wildman–Crippen LogP) is 3.04. The number of nitrogens with zero attached hydrogens (tertiary/aromatic N) is 2. The average molecular weight is 398 g/mol. The summed E-state index contributed by atoms with van der Waals surface area (Å²) in [4.78, 5) is 8.65. The number of aliphatic hydroxyl groups excluding tert-OH is 1. The van der Waals surface area contributed by atoms with Crippen molar-refractivity contribution in [1.82, 2.24) is 9.97 Å². The van der Waals surface area contributed by atoms with Crippen LogP contribution >= 0.6 is 0 Å². The summed E-state index contributed by atoms with van der Waals surface area (Å²) in [6.07, 6.45) is -2.71. The minimum absolute atomic E-state index is 0.0933. The van der Waals surface area contributed by atoms with Crippen LogP contribution in [-0.4, -0.2) is 53.8 Å². The third kappa shape index (κ3) is 5.96. The van der Waals surface area contributed by atoms with Crippen molar-refractivity contribution in [3.05, 3.63) is 30.3 Å². The Hall–Kier alpha value is -2.59. The van der Waals surface area contributed by atoms with Gasteiger partial charge in [-0.2, -0.15) is 4.98 Å². The van der Waals surface area contributed by atoms with E-state index in [-0.39, 0.29) is 31.0 Å². The third-order valence-electron chi connectivity index (χ3n) is 4.02. The topological polar surface area (TPSA) is 88.5 Å². The Morgan fingerprint density at radius 3 is 2.79 bits per heavy atom. The van der Waals surface area contributed by atoms with Crippen LogP contribution in [0.3, 0.4) is 0 Å². The van der Waals surface area contributed by atoms with Gasteiger partial charge in [-0.15, -0.1) is 13.2 Å². The van der Waals surface area contributed by atoms with Crippen molar-refractivity contribution in [2.45, 2.75) is 25.3 Å². The second-order valence-electron chi connectivity index (χ2n) is 6.20. The molecule has 7 nitrogen and oxygen atoms in total. The van der Waals surface area contributed by atoms with Crippen LogP contribution < -0.4 is 15.4 Å². The lowest BCUT2D eigenvalue weighted by molar-refractivity contribution is -0.274. The van der Waals surface area contributed by atoms with Crippen LogP contribution in [0.15, 0.2) is 30.3 Å². The number of hydrogen-bond acceptors (Lipinski definition) is 7. The van der Waals surface area contributed by atoms with Gasteiger partial charge in [-0.3, -0.25) is 0 Å². The lowest BCUT2D eigenvalue weighted by Gasteiger charge is -2.14. The molecule has 0 bridgehead atoms. The SMILES string of the molecule is OCCNc1nc(NC[C@H]2CCCO2)cc(-c2cccc(OC(F)(F)F)c2)n1. The number of hydrogen-bond donors (Lipinski definition) is 3. The minimum atomic E-state index is -4.77. The first kappa shape index (κ1) is 20.2. The first-order valence-electron chi connectivity index (χ1n) is 8.88. The minimum Gasteiger partial charge on any atom is -0.406 e. The van der Waals surface area contributed by atoms with Crippen LogP contribution in [0.5, 0.6) is 5.75 Å². The molecule has 3 rings (SSSR count). The highest BCUT2D eigenvalue weighted by atomic mass is 19.4. The van der Waals surface area contributed by atoms with E-state index in [2.05, 4.69) is 25.3 Å². The number of benzene rings is 1. The quantitative estimate of drug-likeness (QED) is 0.630. The van der Waals surface area contributed by atoms with Gasteiger partial charge >= 0.3 is 6.36 Å². The molecule has 1 aliphatic heterocycles. The van der Waals surface area contributed by atoms with E-state index in [1.165, 1.54) is 18.2 Å². The molecule has 152 valence electrons. The summed E-state index contributed by atoms with van der Waals surface area (Å²) >= 11 is 0. The van der Waals surface area contributed by atoms with Gasteiger partial charge in [-0.25, -0.2) is 4.98 Å². The molecular formula is C18H21F3N4O3. The molecule has 2 heterocycles. The number of nitrogens with one attached hydrogen (secondary N) is 2. The molecule has 3 N–H and O–H groups in total. The molecular weight excluding hydrogens is 377 g/mol. The summed E-state index contributed by atoms with van der Waals surface area (Å²) in [5.41, 5.74) is 0.856. The van der Waals surface area contributed by atoms with Gasteiger partial charge in [-0.05, 0) is 25.0 Å². The zero-order valence-electron chi connectivity index (χ0n) is 15.0. The highest BCUT2D eigenvalue weighted by Crippen LogP contribution is 2.28. The summed E-state index contributed by atoms with van der Waals surface area (Å²) in [6.45, 7) is 1.43.